The van der Waals surface area contributed by atoms with Crippen molar-refractivity contribution in [2.45, 2.75) is 122 Å². The highest BCUT2D eigenvalue weighted by molar-refractivity contribution is 7.46. The van der Waals surface area contributed by atoms with Gasteiger partial charge in [0.05, 0.1) is 12.7 Å². The summed E-state index contributed by atoms with van der Waals surface area (Å²) in [5, 5.41) is 10.2. The number of phosphoric ester groups is 1. The summed E-state index contributed by atoms with van der Waals surface area (Å²) in [7, 11) is -4.85. The molecule has 0 aliphatic carbocycles. The maximum Gasteiger partial charge on any atom is 0.469 e. The maximum atomic E-state index is 12.4. The molecule has 0 spiro atoms. The number of aliphatic hydroxyl groups excluding tert-OH is 1. The first-order valence-electron chi connectivity index (χ1n) is 20.2. The number of rotatable bonds is 34. The Morgan fingerprint density at radius 3 is 1.35 bits per heavy atom. The van der Waals surface area contributed by atoms with Crippen molar-refractivity contribution in [1.29, 1.82) is 0 Å². The second kappa shape index (κ2) is 40.1. The van der Waals surface area contributed by atoms with Crippen LogP contribution in [0.1, 0.15) is 110 Å². The lowest BCUT2D eigenvalue weighted by atomic mass is 10.2. The van der Waals surface area contributed by atoms with Gasteiger partial charge in [-0.05, 0) is 83.5 Å². The van der Waals surface area contributed by atoms with Crippen LogP contribution in [0, 0.1) is 0 Å². The largest absolute Gasteiger partial charge is 0.469 e. The third-order valence-corrected chi connectivity index (χ3v) is 7.97. The van der Waals surface area contributed by atoms with Gasteiger partial charge in [0.15, 0.2) is 6.10 Å². The molecule has 0 bridgehead atoms. The van der Waals surface area contributed by atoms with E-state index in [2.05, 4.69) is 122 Å². The second-order valence-corrected chi connectivity index (χ2v) is 13.9. The number of hydrogen-bond donors (Lipinski definition) is 3. The van der Waals surface area contributed by atoms with E-state index < -0.39 is 45.2 Å². The van der Waals surface area contributed by atoms with Crippen LogP contribution in [0.2, 0.25) is 0 Å². The van der Waals surface area contributed by atoms with Gasteiger partial charge in [-0.2, -0.15) is 0 Å². The Morgan fingerprint density at radius 1 is 0.526 bits per heavy atom. The lowest BCUT2D eigenvalue weighted by Crippen LogP contribution is -2.29. The lowest BCUT2D eigenvalue weighted by molar-refractivity contribution is -0.161. The molecule has 0 aliphatic heterocycles. The van der Waals surface area contributed by atoms with Crippen molar-refractivity contribution in [3.63, 3.8) is 0 Å². The number of ether oxygens (including phenoxy) is 2. The third-order valence-electron chi connectivity index (χ3n) is 7.48. The summed E-state index contributed by atoms with van der Waals surface area (Å²) in [6.07, 6.45) is 57.6. The summed E-state index contributed by atoms with van der Waals surface area (Å²) in [5.41, 5.74) is 0. The van der Waals surface area contributed by atoms with Gasteiger partial charge in [0.1, 0.15) is 6.61 Å². The monoisotopic (exact) mass is 808 g/mol. The third kappa shape index (κ3) is 42.9. The molecule has 0 amide bonds. The van der Waals surface area contributed by atoms with Crippen molar-refractivity contribution >= 4 is 19.8 Å². The van der Waals surface area contributed by atoms with Crippen LogP contribution in [0.4, 0.5) is 0 Å². The van der Waals surface area contributed by atoms with Crippen molar-refractivity contribution in [3.05, 3.63) is 146 Å². The quantitative estimate of drug-likeness (QED) is 0.0251. The highest BCUT2D eigenvalue weighted by atomic mass is 31.2. The minimum atomic E-state index is -4.85. The van der Waals surface area contributed by atoms with Crippen molar-refractivity contribution in [3.8, 4) is 0 Å². The molecule has 0 saturated carbocycles. The number of carbonyl (C=O) groups excluding carboxylic acids is 2. The number of aliphatic hydroxyl groups is 1. The summed E-state index contributed by atoms with van der Waals surface area (Å²) in [5.74, 6) is -1.28. The molecular weight excluding hydrogens is 739 g/mol. The fourth-order valence-electron chi connectivity index (χ4n) is 4.51. The first kappa shape index (κ1) is 52.9. The summed E-state index contributed by atoms with van der Waals surface area (Å²) in [6, 6.07) is 0. The zero-order valence-electron chi connectivity index (χ0n) is 34.3. The van der Waals surface area contributed by atoms with Crippen LogP contribution in [0.3, 0.4) is 0 Å². The fourth-order valence-corrected chi connectivity index (χ4v) is 4.87. The van der Waals surface area contributed by atoms with Crippen molar-refractivity contribution in [2.24, 2.45) is 0 Å². The van der Waals surface area contributed by atoms with Crippen LogP contribution >= 0.6 is 7.82 Å². The number of phosphoric acid groups is 1. The number of esters is 2. The van der Waals surface area contributed by atoms with Crippen molar-refractivity contribution in [1.82, 2.24) is 0 Å². The van der Waals surface area contributed by atoms with Gasteiger partial charge in [-0.3, -0.25) is 14.1 Å². The SMILES string of the molecule is CC/C=C\C/C=C\C/C=C\C/C=C\C/C=C\C=C/C(O)CCC(=O)O[C@H](COC(=O)CC/C=C\C/C=C\C/C=C\C/C=C\C/C=C\C/C=C\CC)COP(=O)(O)O. The van der Waals surface area contributed by atoms with Gasteiger partial charge in [0.25, 0.3) is 0 Å². The highest BCUT2D eigenvalue weighted by Crippen LogP contribution is 2.35. The van der Waals surface area contributed by atoms with Crippen LogP contribution in [0.15, 0.2) is 146 Å². The van der Waals surface area contributed by atoms with E-state index in [1.54, 1.807) is 12.2 Å². The molecule has 0 aliphatic rings. The van der Waals surface area contributed by atoms with Crippen LogP contribution in [-0.2, 0) is 28.2 Å². The van der Waals surface area contributed by atoms with Gasteiger partial charge < -0.3 is 24.4 Å². The van der Waals surface area contributed by atoms with E-state index in [0.717, 1.165) is 70.6 Å². The molecule has 0 aromatic heterocycles. The molecule has 0 aromatic rings. The van der Waals surface area contributed by atoms with Crippen molar-refractivity contribution < 1.29 is 43.0 Å². The fraction of sp³-hybridized carbons (Fsp3) is 0.447. The summed E-state index contributed by atoms with van der Waals surface area (Å²) in [6.45, 7) is 3.16. The predicted molar refractivity (Wildman–Crippen MR) is 235 cm³/mol. The Labute approximate surface area is 343 Å². The van der Waals surface area contributed by atoms with Crippen LogP contribution in [0.25, 0.3) is 0 Å². The average Bonchev–Trinajstić information content (AvgIpc) is 3.18. The van der Waals surface area contributed by atoms with Gasteiger partial charge >= 0.3 is 19.8 Å². The Hall–Kier alpha value is -4.11. The Balaban J connectivity index is 4.34. The molecule has 0 rings (SSSR count). The number of carbonyl (C=O) groups is 2. The van der Waals surface area contributed by atoms with E-state index in [-0.39, 0.29) is 19.3 Å². The smallest absolute Gasteiger partial charge is 0.462 e. The first-order chi connectivity index (χ1) is 27.7. The highest BCUT2D eigenvalue weighted by Gasteiger charge is 2.23. The van der Waals surface area contributed by atoms with Gasteiger partial charge in [-0.15, -0.1) is 0 Å². The molecule has 0 aromatic carbocycles. The topological polar surface area (TPSA) is 140 Å². The molecule has 57 heavy (non-hydrogen) atoms. The minimum absolute atomic E-state index is 0.0673. The van der Waals surface area contributed by atoms with E-state index in [9.17, 15) is 19.3 Å². The normalized spacial score (nSPS) is 14.5. The maximum absolute atomic E-state index is 12.4. The molecule has 1 unspecified atom stereocenters. The molecule has 316 valence electrons. The van der Waals surface area contributed by atoms with Gasteiger partial charge in [-0.25, -0.2) is 4.57 Å². The summed E-state index contributed by atoms with van der Waals surface area (Å²) >= 11 is 0. The Morgan fingerprint density at radius 2 is 0.930 bits per heavy atom. The molecule has 0 radical (unpaired) electrons. The van der Waals surface area contributed by atoms with E-state index in [0.29, 0.717) is 6.42 Å². The minimum Gasteiger partial charge on any atom is -0.462 e. The molecule has 2 atom stereocenters. The molecule has 3 N–H and O–H groups in total. The number of hydrogen-bond acceptors (Lipinski definition) is 7. The van der Waals surface area contributed by atoms with E-state index >= 15 is 0 Å². The van der Waals surface area contributed by atoms with Crippen molar-refractivity contribution in [2.75, 3.05) is 13.2 Å². The zero-order valence-corrected chi connectivity index (χ0v) is 35.2. The number of allylic oxidation sites excluding steroid dienone is 23. The van der Waals surface area contributed by atoms with Crippen LogP contribution < -0.4 is 0 Å². The van der Waals surface area contributed by atoms with Gasteiger partial charge in [0, 0.05) is 12.8 Å². The molecule has 10 heteroatoms. The van der Waals surface area contributed by atoms with E-state index in [1.807, 2.05) is 30.4 Å². The lowest BCUT2D eigenvalue weighted by Gasteiger charge is -2.18. The average molecular weight is 809 g/mol. The summed E-state index contributed by atoms with van der Waals surface area (Å²) in [4.78, 5) is 42.8. The second-order valence-electron chi connectivity index (χ2n) is 12.7. The van der Waals surface area contributed by atoms with Crippen LogP contribution in [-0.4, -0.2) is 52.3 Å². The molecular formula is C47H69O9P. The first-order valence-corrected chi connectivity index (χ1v) is 21.8. The van der Waals surface area contributed by atoms with E-state index in [1.165, 1.54) is 0 Å². The molecule has 9 nitrogen and oxygen atoms in total. The van der Waals surface area contributed by atoms with Gasteiger partial charge in [-0.1, -0.05) is 160 Å². The van der Waals surface area contributed by atoms with Gasteiger partial charge in [0.2, 0.25) is 0 Å². The Kier molecular flexibility index (Phi) is 37.2. The van der Waals surface area contributed by atoms with E-state index in [4.69, 9.17) is 19.3 Å². The molecule has 0 fully saturated rings. The summed E-state index contributed by atoms with van der Waals surface area (Å²) < 4.78 is 26.1. The predicted octanol–water partition coefficient (Wildman–Crippen LogP) is 11.5. The van der Waals surface area contributed by atoms with Crippen LogP contribution in [0.5, 0.6) is 0 Å². The molecule has 0 heterocycles. The zero-order chi connectivity index (χ0) is 41.9. The Bertz CT molecular complexity index is 1430. The standard InChI is InChI=1S/C47H69O9P/c1-3-5-7-9-11-13-15-17-19-21-22-23-25-27-29-31-33-35-37-39-46(49)54-42-45(43-55-57(51,52)53)56-47(50)41-40-44(48)38-36-34-32-30-28-26-24-20-18-16-14-12-10-8-6-4-2/h5-8,11-14,17-20,22-23,26-29,32-36,38,44-45,48H,3-4,9-10,15-16,21,24-25,30-31,37,39-43H2,1-2H3,(H2,51,52,53)/b7-5-,8-6-,13-11-,14-12-,19-17-,20-18-,23-22-,28-26-,29-27-,34-32-,35-33-,38-36-/t44?,45-/m1/s1. The molecule has 0 saturated heterocycles.